The van der Waals surface area contributed by atoms with Crippen LogP contribution in [0.3, 0.4) is 0 Å². The van der Waals surface area contributed by atoms with E-state index in [4.69, 9.17) is 4.74 Å². The van der Waals surface area contributed by atoms with E-state index in [0.29, 0.717) is 31.4 Å². The molecule has 0 radical (unpaired) electrons. The van der Waals surface area contributed by atoms with Gasteiger partial charge in [-0.3, -0.25) is 4.79 Å². The Morgan fingerprint density at radius 2 is 2.15 bits per heavy atom. The number of Topliss-reactive ketones (excluding diaryl/α,β-unsaturated/α-hetero) is 1. The van der Waals surface area contributed by atoms with Gasteiger partial charge in [-0.05, 0) is 20.3 Å². The van der Waals surface area contributed by atoms with E-state index in [0.717, 1.165) is 5.57 Å². The third-order valence-corrected chi connectivity index (χ3v) is 2.15. The molecule has 0 heterocycles. The van der Waals surface area contributed by atoms with E-state index >= 15 is 0 Å². The molecule has 0 aromatic carbocycles. The monoisotopic (exact) mass is 182 g/mol. The van der Waals surface area contributed by atoms with Gasteiger partial charge in [0.25, 0.3) is 0 Å². The Balaban J connectivity index is 2.73. The molecule has 0 unspecified atom stereocenters. The van der Waals surface area contributed by atoms with Crippen LogP contribution in [0.5, 0.6) is 0 Å². The highest BCUT2D eigenvalue weighted by Crippen LogP contribution is 2.22. The fourth-order valence-corrected chi connectivity index (χ4v) is 1.46. The Hall–Kier alpha value is -1.12. The zero-order valence-corrected chi connectivity index (χ0v) is 8.05. The highest BCUT2D eigenvalue weighted by atomic mass is 16.5. The molecule has 13 heavy (non-hydrogen) atoms. The van der Waals surface area contributed by atoms with Crippen molar-refractivity contribution in [3.05, 3.63) is 11.1 Å². The van der Waals surface area contributed by atoms with Crippen LogP contribution in [0.4, 0.5) is 0 Å². The first-order valence-corrected chi connectivity index (χ1v) is 4.52. The predicted octanol–water partition coefficient (Wildman–Crippen LogP) is 1.62. The highest BCUT2D eigenvalue weighted by Gasteiger charge is 2.21. The average molecular weight is 182 g/mol. The third kappa shape index (κ3) is 2.41. The van der Waals surface area contributed by atoms with Crippen molar-refractivity contribution in [2.24, 2.45) is 0 Å². The van der Waals surface area contributed by atoms with E-state index in [9.17, 15) is 9.59 Å². The molecule has 3 nitrogen and oxygen atoms in total. The largest absolute Gasteiger partial charge is 0.463 e. The molecule has 0 fully saturated rings. The Labute approximate surface area is 77.8 Å². The fourth-order valence-electron chi connectivity index (χ4n) is 1.46. The lowest BCUT2D eigenvalue weighted by Gasteiger charge is -2.15. The van der Waals surface area contributed by atoms with Crippen molar-refractivity contribution >= 4 is 11.8 Å². The van der Waals surface area contributed by atoms with Gasteiger partial charge in [0.2, 0.25) is 0 Å². The lowest BCUT2D eigenvalue weighted by atomic mass is 9.92. The Kier molecular flexibility index (Phi) is 3.23. The molecule has 0 saturated heterocycles. The molecule has 0 aromatic heterocycles. The number of ether oxygens (including phenoxy) is 1. The summed E-state index contributed by atoms with van der Waals surface area (Å²) < 4.78 is 4.88. The van der Waals surface area contributed by atoms with Gasteiger partial charge in [0.1, 0.15) is 5.78 Å². The molecule has 0 aromatic rings. The van der Waals surface area contributed by atoms with E-state index < -0.39 is 0 Å². The minimum absolute atomic E-state index is 0.213. The van der Waals surface area contributed by atoms with Gasteiger partial charge in [0, 0.05) is 18.4 Å². The number of allylic oxidation sites excluding steroid dienone is 1. The molecule has 0 bridgehead atoms. The summed E-state index contributed by atoms with van der Waals surface area (Å²) >= 11 is 0. The van der Waals surface area contributed by atoms with Crippen molar-refractivity contribution in [2.75, 3.05) is 6.61 Å². The van der Waals surface area contributed by atoms with E-state index in [1.54, 1.807) is 6.92 Å². The van der Waals surface area contributed by atoms with Gasteiger partial charge in [-0.25, -0.2) is 4.79 Å². The van der Waals surface area contributed by atoms with Crippen molar-refractivity contribution in [3.8, 4) is 0 Å². The molecule has 0 spiro atoms. The van der Waals surface area contributed by atoms with Crippen molar-refractivity contribution < 1.29 is 14.3 Å². The number of hydrogen-bond donors (Lipinski definition) is 0. The fraction of sp³-hybridized carbons (Fsp3) is 0.600. The zero-order chi connectivity index (χ0) is 9.84. The summed E-state index contributed by atoms with van der Waals surface area (Å²) in [5.41, 5.74) is 1.57. The van der Waals surface area contributed by atoms with E-state index in [-0.39, 0.29) is 11.8 Å². The normalized spacial score (nSPS) is 17.5. The Bertz CT molecular complexity index is 263. The van der Waals surface area contributed by atoms with Crippen LogP contribution >= 0.6 is 0 Å². The van der Waals surface area contributed by atoms with Crippen LogP contribution in [-0.2, 0) is 14.3 Å². The number of rotatable bonds is 2. The molecule has 0 atom stereocenters. The van der Waals surface area contributed by atoms with Crippen LogP contribution in [-0.4, -0.2) is 18.4 Å². The summed E-state index contributed by atoms with van der Waals surface area (Å²) in [5, 5.41) is 0. The second kappa shape index (κ2) is 4.21. The van der Waals surface area contributed by atoms with Gasteiger partial charge in [0.15, 0.2) is 0 Å². The van der Waals surface area contributed by atoms with E-state index in [2.05, 4.69) is 0 Å². The van der Waals surface area contributed by atoms with Crippen molar-refractivity contribution in [3.63, 3.8) is 0 Å². The van der Waals surface area contributed by atoms with E-state index in [1.807, 2.05) is 6.92 Å². The van der Waals surface area contributed by atoms with Crippen LogP contribution in [0.15, 0.2) is 11.1 Å². The van der Waals surface area contributed by atoms with Crippen molar-refractivity contribution in [1.29, 1.82) is 0 Å². The molecular weight excluding hydrogens is 168 g/mol. The first kappa shape index (κ1) is 9.96. The number of esters is 1. The molecule has 1 aliphatic carbocycles. The predicted molar refractivity (Wildman–Crippen MR) is 48.2 cm³/mol. The summed E-state index contributed by atoms with van der Waals surface area (Å²) in [4.78, 5) is 22.3. The summed E-state index contributed by atoms with van der Waals surface area (Å²) in [7, 11) is 0. The summed E-state index contributed by atoms with van der Waals surface area (Å²) in [6.45, 7) is 3.99. The first-order valence-electron chi connectivity index (χ1n) is 4.52. The van der Waals surface area contributed by atoms with Crippen LogP contribution in [0.1, 0.15) is 33.1 Å². The minimum Gasteiger partial charge on any atom is -0.463 e. The second-order valence-electron chi connectivity index (χ2n) is 3.19. The Morgan fingerprint density at radius 1 is 1.46 bits per heavy atom. The lowest BCUT2D eigenvalue weighted by molar-refractivity contribution is -0.138. The standard InChI is InChI=1S/C10H14O3/c1-3-13-10(12)9-5-4-8(11)6-7(9)2/h3-6H2,1-2H3. The van der Waals surface area contributed by atoms with Crippen molar-refractivity contribution in [2.45, 2.75) is 33.1 Å². The van der Waals surface area contributed by atoms with Gasteiger partial charge in [-0.1, -0.05) is 5.57 Å². The maximum atomic E-state index is 11.3. The SMILES string of the molecule is CCOC(=O)C1=C(C)CC(=O)CC1. The molecule has 3 heteroatoms. The Morgan fingerprint density at radius 3 is 2.69 bits per heavy atom. The average Bonchev–Trinajstić information content (AvgIpc) is 2.04. The first-order chi connectivity index (χ1) is 6.15. The summed E-state index contributed by atoms with van der Waals surface area (Å²) in [5.74, 6) is -0.0435. The van der Waals surface area contributed by atoms with Gasteiger partial charge in [0.05, 0.1) is 6.61 Å². The molecule has 0 amide bonds. The van der Waals surface area contributed by atoms with Crippen LogP contribution in [0.25, 0.3) is 0 Å². The van der Waals surface area contributed by atoms with Gasteiger partial charge in [-0.15, -0.1) is 0 Å². The second-order valence-corrected chi connectivity index (χ2v) is 3.19. The maximum absolute atomic E-state index is 11.3. The van der Waals surface area contributed by atoms with Gasteiger partial charge in [-0.2, -0.15) is 0 Å². The highest BCUT2D eigenvalue weighted by molar-refractivity contribution is 5.94. The smallest absolute Gasteiger partial charge is 0.333 e. The van der Waals surface area contributed by atoms with Gasteiger partial charge < -0.3 is 4.74 Å². The summed E-state index contributed by atoms with van der Waals surface area (Å²) in [6.07, 6.45) is 1.43. The molecular formula is C10H14O3. The number of hydrogen-bond acceptors (Lipinski definition) is 3. The molecule has 0 N–H and O–H groups in total. The molecule has 0 aliphatic heterocycles. The molecule has 1 aliphatic rings. The van der Waals surface area contributed by atoms with Crippen LogP contribution < -0.4 is 0 Å². The number of ketones is 1. The topological polar surface area (TPSA) is 43.4 Å². The number of carbonyl (C=O) groups is 2. The van der Waals surface area contributed by atoms with Crippen molar-refractivity contribution in [1.82, 2.24) is 0 Å². The third-order valence-electron chi connectivity index (χ3n) is 2.15. The van der Waals surface area contributed by atoms with Crippen LogP contribution in [0, 0.1) is 0 Å². The minimum atomic E-state index is -0.257. The maximum Gasteiger partial charge on any atom is 0.333 e. The molecule has 0 saturated carbocycles. The lowest BCUT2D eigenvalue weighted by Crippen LogP contribution is -2.16. The number of carbonyl (C=O) groups excluding carboxylic acids is 2. The zero-order valence-electron chi connectivity index (χ0n) is 8.05. The molecule has 72 valence electrons. The van der Waals surface area contributed by atoms with E-state index in [1.165, 1.54) is 0 Å². The summed E-state index contributed by atoms with van der Waals surface area (Å²) in [6, 6.07) is 0. The van der Waals surface area contributed by atoms with Gasteiger partial charge >= 0.3 is 5.97 Å². The van der Waals surface area contributed by atoms with Crippen LogP contribution in [0.2, 0.25) is 0 Å². The molecule has 1 rings (SSSR count). The quantitative estimate of drug-likeness (QED) is 0.609.